The molecule has 0 spiro atoms. The van der Waals surface area contributed by atoms with Gasteiger partial charge < -0.3 is 19.7 Å². The Bertz CT molecular complexity index is 927. The third-order valence-corrected chi connectivity index (χ3v) is 4.39. The van der Waals surface area contributed by atoms with Crippen LogP contribution in [0.5, 0.6) is 5.75 Å². The molecule has 0 saturated carbocycles. The van der Waals surface area contributed by atoms with Crippen molar-refractivity contribution < 1.29 is 36.2 Å². The van der Waals surface area contributed by atoms with Gasteiger partial charge in [-0.2, -0.15) is 26.3 Å². The molecule has 1 aromatic carbocycles. The number of anilines is 1. The van der Waals surface area contributed by atoms with E-state index in [-0.39, 0.29) is 27.4 Å². The number of fused-ring (bicyclic) bond motifs is 3. The average molecular weight is 417 g/mol. The molecule has 12 heteroatoms. The number of aromatic nitrogens is 1. The number of nitrogens with zero attached hydrogens (tertiary/aromatic N) is 1. The second-order valence-corrected chi connectivity index (χ2v) is 6.30. The first-order valence-corrected chi connectivity index (χ1v) is 7.84. The minimum Gasteiger partial charge on any atom is -0.488 e. The summed E-state index contributed by atoms with van der Waals surface area (Å²) in [5, 5.41) is 9.23. The number of aliphatic hydroxyl groups is 1. The SMILES string of the molecule is O=c1cc(Cl)c2c3c(ccc2[nH]1)N(C[C@@H](O)C(F)(F)F)[C@@H](C(F)(F)F)CO3. The van der Waals surface area contributed by atoms with Gasteiger partial charge in [0.2, 0.25) is 5.56 Å². The Kier molecular flexibility index (Phi) is 4.71. The number of halogens is 7. The molecular weight excluding hydrogens is 406 g/mol. The minimum absolute atomic E-state index is 0.0564. The number of hydrogen-bond donors (Lipinski definition) is 2. The number of aliphatic hydroxyl groups excluding tert-OH is 1. The second-order valence-electron chi connectivity index (χ2n) is 5.90. The van der Waals surface area contributed by atoms with Crippen LogP contribution in [0.15, 0.2) is 23.0 Å². The normalized spacial score (nSPS) is 19.0. The second kappa shape index (κ2) is 6.48. The molecule has 0 fully saturated rings. The zero-order valence-electron chi connectivity index (χ0n) is 13.2. The van der Waals surface area contributed by atoms with Crippen molar-refractivity contribution in [2.75, 3.05) is 18.1 Å². The number of ether oxygens (including phenoxy) is 1. The van der Waals surface area contributed by atoms with Crippen LogP contribution >= 0.6 is 11.6 Å². The minimum atomic E-state index is -5.10. The van der Waals surface area contributed by atoms with E-state index in [2.05, 4.69) is 4.98 Å². The number of β-amino-alcohol motifs (C(OH)–C–C–N with tert-alkyl or cyclic N) is 1. The fraction of sp³-hybridized carbons (Fsp3) is 0.400. The van der Waals surface area contributed by atoms with Gasteiger partial charge in [0.1, 0.15) is 6.61 Å². The lowest BCUT2D eigenvalue weighted by atomic mass is 10.1. The summed E-state index contributed by atoms with van der Waals surface area (Å²) in [4.78, 5) is 14.3. The van der Waals surface area contributed by atoms with E-state index in [4.69, 9.17) is 16.3 Å². The molecule has 3 rings (SSSR count). The van der Waals surface area contributed by atoms with E-state index < -0.39 is 43.2 Å². The maximum absolute atomic E-state index is 13.3. The number of aromatic amines is 1. The van der Waals surface area contributed by atoms with E-state index in [1.807, 2.05) is 0 Å². The maximum atomic E-state index is 13.3. The number of rotatable bonds is 2. The molecule has 148 valence electrons. The summed E-state index contributed by atoms with van der Waals surface area (Å²) in [6.07, 6.45) is -13.0. The Hall–Kier alpha value is -2.14. The molecule has 0 aliphatic carbocycles. The summed E-state index contributed by atoms with van der Waals surface area (Å²) in [6, 6.07) is 0.848. The van der Waals surface area contributed by atoms with Gasteiger partial charge in [-0.05, 0) is 12.1 Å². The van der Waals surface area contributed by atoms with Gasteiger partial charge in [0.25, 0.3) is 0 Å². The van der Waals surface area contributed by atoms with Crippen LogP contribution in [0, 0.1) is 0 Å². The largest absolute Gasteiger partial charge is 0.488 e. The van der Waals surface area contributed by atoms with E-state index in [9.17, 15) is 36.2 Å². The summed E-state index contributed by atoms with van der Waals surface area (Å²) in [5.74, 6) is -0.205. The number of benzene rings is 1. The van der Waals surface area contributed by atoms with Crippen LogP contribution in [0.25, 0.3) is 10.9 Å². The zero-order valence-corrected chi connectivity index (χ0v) is 13.9. The van der Waals surface area contributed by atoms with Crippen LogP contribution in [0.2, 0.25) is 5.02 Å². The topological polar surface area (TPSA) is 65.6 Å². The molecule has 2 N–H and O–H groups in total. The molecule has 1 aliphatic heterocycles. The number of hydrogen-bond acceptors (Lipinski definition) is 4. The Morgan fingerprint density at radius 3 is 2.56 bits per heavy atom. The summed E-state index contributed by atoms with van der Waals surface area (Å²) < 4.78 is 83.3. The van der Waals surface area contributed by atoms with E-state index in [0.717, 1.165) is 12.1 Å². The van der Waals surface area contributed by atoms with Crippen molar-refractivity contribution >= 4 is 28.2 Å². The quantitative estimate of drug-likeness (QED) is 0.738. The Balaban J connectivity index is 2.17. The smallest absolute Gasteiger partial charge is 0.416 e. The maximum Gasteiger partial charge on any atom is 0.416 e. The Morgan fingerprint density at radius 2 is 1.96 bits per heavy atom. The number of nitrogens with one attached hydrogen (secondary N) is 1. The van der Waals surface area contributed by atoms with Gasteiger partial charge in [-0.25, -0.2) is 0 Å². The summed E-state index contributed by atoms with van der Waals surface area (Å²) >= 11 is 5.98. The van der Waals surface area contributed by atoms with Crippen molar-refractivity contribution in [2.24, 2.45) is 0 Å². The monoisotopic (exact) mass is 416 g/mol. The predicted octanol–water partition coefficient (Wildman–Crippen LogP) is 3.23. The lowest BCUT2D eigenvalue weighted by molar-refractivity contribution is -0.204. The number of alkyl halides is 6. The van der Waals surface area contributed by atoms with Gasteiger partial charge in [0.15, 0.2) is 17.9 Å². The first-order chi connectivity index (χ1) is 12.4. The first kappa shape index (κ1) is 19.6. The highest BCUT2D eigenvalue weighted by Crippen LogP contribution is 2.45. The zero-order chi connectivity index (χ0) is 20.1. The Labute approximate surface area is 152 Å². The van der Waals surface area contributed by atoms with Gasteiger partial charge in [-0.3, -0.25) is 4.79 Å². The lowest BCUT2D eigenvalue weighted by Crippen LogP contribution is -2.55. The van der Waals surface area contributed by atoms with Gasteiger partial charge in [0.05, 0.1) is 28.2 Å². The molecule has 0 unspecified atom stereocenters. The highest BCUT2D eigenvalue weighted by molar-refractivity contribution is 6.36. The summed E-state index contributed by atoms with van der Waals surface area (Å²) in [6.45, 7) is -2.35. The van der Waals surface area contributed by atoms with Gasteiger partial charge in [-0.15, -0.1) is 0 Å². The van der Waals surface area contributed by atoms with Crippen LogP contribution in [-0.2, 0) is 0 Å². The molecule has 0 bridgehead atoms. The van der Waals surface area contributed by atoms with Crippen molar-refractivity contribution in [3.05, 3.63) is 33.6 Å². The number of pyridine rings is 1. The summed E-state index contributed by atoms with van der Waals surface area (Å²) in [5.41, 5.74) is -0.748. The van der Waals surface area contributed by atoms with Gasteiger partial charge in [0, 0.05) is 6.07 Å². The molecule has 2 heterocycles. The van der Waals surface area contributed by atoms with Gasteiger partial charge in [-0.1, -0.05) is 11.6 Å². The molecular formula is C15H11ClF6N2O3. The third-order valence-electron chi connectivity index (χ3n) is 4.09. The number of H-pyrrole nitrogens is 1. The standard InChI is InChI=1S/C15H11ClF6N2O3/c16-6-3-11(26)23-7-1-2-8-13(12(6)7)27-5-9(14(17,18)19)24(8)4-10(25)15(20,21)22/h1-3,9-10,25H,4-5H2,(H,23,26)/t9-,10-/m1/s1. The average Bonchev–Trinajstić information content (AvgIpc) is 2.51. The molecule has 2 aromatic rings. The molecule has 0 radical (unpaired) electrons. The molecule has 27 heavy (non-hydrogen) atoms. The van der Waals surface area contributed by atoms with E-state index in [1.54, 1.807) is 0 Å². The van der Waals surface area contributed by atoms with Crippen LogP contribution < -0.4 is 15.2 Å². The Morgan fingerprint density at radius 1 is 1.30 bits per heavy atom. The molecule has 1 aromatic heterocycles. The van der Waals surface area contributed by atoms with Crippen molar-refractivity contribution in [3.8, 4) is 5.75 Å². The van der Waals surface area contributed by atoms with Crippen molar-refractivity contribution in [1.29, 1.82) is 0 Å². The molecule has 0 saturated heterocycles. The van der Waals surface area contributed by atoms with Crippen LogP contribution in [0.4, 0.5) is 32.0 Å². The first-order valence-electron chi connectivity index (χ1n) is 7.46. The highest BCUT2D eigenvalue weighted by Gasteiger charge is 2.50. The lowest BCUT2D eigenvalue weighted by Gasteiger charge is -2.40. The molecule has 2 atom stereocenters. The van der Waals surface area contributed by atoms with E-state index in [1.165, 1.54) is 6.07 Å². The predicted molar refractivity (Wildman–Crippen MR) is 84.3 cm³/mol. The van der Waals surface area contributed by atoms with Gasteiger partial charge >= 0.3 is 12.4 Å². The molecule has 0 amide bonds. The fourth-order valence-electron chi connectivity index (χ4n) is 2.85. The van der Waals surface area contributed by atoms with Crippen LogP contribution in [0.3, 0.4) is 0 Å². The van der Waals surface area contributed by atoms with Crippen LogP contribution in [0.1, 0.15) is 0 Å². The van der Waals surface area contributed by atoms with E-state index in [0.29, 0.717) is 4.90 Å². The molecule has 1 aliphatic rings. The fourth-order valence-corrected chi connectivity index (χ4v) is 3.13. The highest BCUT2D eigenvalue weighted by atomic mass is 35.5. The van der Waals surface area contributed by atoms with E-state index >= 15 is 0 Å². The van der Waals surface area contributed by atoms with Crippen molar-refractivity contribution in [2.45, 2.75) is 24.5 Å². The third kappa shape index (κ3) is 3.65. The summed E-state index contributed by atoms with van der Waals surface area (Å²) in [7, 11) is 0. The van der Waals surface area contributed by atoms with Crippen LogP contribution in [-0.4, -0.2) is 47.7 Å². The van der Waals surface area contributed by atoms with Crippen molar-refractivity contribution in [3.63, 3.8) is 0 Å². The van der Waals surface area contributed by atoms with Crippen molar-refractivity contribution in [1.82, 2.24) is 4.98 Å². The molecule has 5 nitrogen and oxygen atoms in total.